The summed E-state index contributed by atoms with van der Waals surface area (Å²) in [5.41, 5.74) is 5.82. The third-order valence-corrected chi connectivity index (χ3v) is 4.66. The molecule has 0 radical (unpaired) electrons. The molecule has 6 heteroatoms. The molecular formula is C15H27N3O3. The van der Waals surface area contributed by atoms with E-state index in [4.69, 9.17) is 10.5 Å². The lowest BCUT2D eigenvalue weighted by atomic mass is 9.91. The Kier molecular flexibility index (Phi) is 5.58. The smallest absolute Gasteiger partial charge is 0.228 e. The van der Waals surface area contributed by atoms with Crippen molar-refractivity contribution in [3.05, 3.63) is 0 Å². The lowest BCUT2D eigenvalue weighted by molar-refractivity contribution is -0.139. The van der Waals surface area contributed by atoms with Crippen LogP contribution in [0.15, 0.2) is 0 Å². The molecule has 2 amide bonds. The zero-order valence-electron chi connectivity index (χ0n) is 13.1. The van der Waals surface area contributed by atoms with E-state index in [2.05, 4.69) is 6.92 Å². The zero-order chi connectivity index (χ0) is 15.4. The number of likely N-dealkylation sites (tertiary alicyclic amines) is 2. The molecule has 6 nitrogen and oxygen atoms in total. The summed E-state index contributed by atoms with van der Waals surface area (Å²) in [5, 5.41) is 0. The Labute approximate surface area is 126 Å². The third kappa shape index (κ3) is 3.74. The monoisotopic (exact) mass is 297 g/mol. The maximum atomic E-state index is 12.7. The van der Waals surface area contributed by atoms with Crippen LogP contribution in [0.1, 0.15) is 26.2 Å². The molecule has 0 saturated carbocycles. The summed E-state index contributed by atoms with van der Waals surface area (Å²) < 4.78 is 5.00. The SMILES string of the molecule is COCCN1CC(C(=O)N2CCC(C)CC2CN)CC1=O. The van der Waals surface area contributed by atoms with Gasteiger partial charge in [-0.15, -0.1) is 0 Å². The fraction of sp³-hybridized carbons (Fsp3) is 0.867. The summed E-state index contributed by atoms with van der Waals surface area (Å²) in [4.78, 5) is 28.3. The molecule has 2 aliphatic heterocycles. The average Bonchev–Trinajstić information content (AvgIpc) is 2.85. The highest BCUT2D eigenvalue weighted by Gasteiger charge is 2.39. The van der Waals surface area contributed by atoms with Gasteiger partial charge in [0.25, 0.3) is 0 Å². The van der Waals surface area contributed by atoms with Crippen LogP contribution in [0.3, 0.4) is 0 Å². The van der Waals surface area contributed by atoms with Gasteiger partial charge in [-0.1, -0.05) is 6.92 Å². The van der Waals surface area contributed by atoms with E-state index in [9.17, 15) is 9.59 Å². The summed E-state index contributed by atoms with van der Waals surface area (Å²) in [6.07, 6.45) is 2.32. The van der Waals surface area contributed by atoms with Crippen LogP contribution >= 0.6 is 0 Å². The summed E-state index contributed by atoms with van der Waals surface area (Å²) in [5.74, 6) is 0.563. The molecule has 2 fully saturated rings. The van der Waals surface area contributed by atoms with Gasteiger partial charge in [0.1, 0.15) is 0 Å². The van der Waals surface area contributed by atoms with E-state index in [1.54, 1.807) is 12.0 Å². The lowest BCUT2D eigenvalue weighted by Gasteiger charge is -2.39. The number of carbonyl (C=O) groups excluding carboxylic acids is 2. The number of amides is 2. The first kappa shape index (κ1) is 16.2. The minimum atomic E-state index is -0.211. The number of hydrogen-bond donors (Lipinski definition) is 1. The van der Waals surface area contributed by atoms with Gasteiger partial charge in [0.05, 0.1) is 12.5 Å². The Bertz CT molecular complexity index is 388. The van der Waals surface area contributed by atoms with Crippen LogP contribution in [0.5, 0.6) is 0 Å². The summed E-state index contributed by atoms with van der Waals surface area (Å²) in [7, 11) is 1.62. The van der Waals surface area contributed by atoms with Crippen molar-refractivity contribution >= 4 is 11.8 Å². The second-order valence-electron chi connectivity index (χ2n) is 6.28. The minimum absolute atomic E-state index is 0.0556. The first-order valence-electron chi connectivity index (χ1n) is 7.84. The highest BCUT2D eigenvalue weighted by molar-refractivity contribution is 5.89. The van der Waals surface area contributed by atoms with Gasteiger partial charge >= 0.3 is 0 Å². The van der Waals surface area contributed by atoms with Crippen molar-refractivity contribution in [3.63, 3.8) is 0 Å². The van der Waals surface area contributed by atoms with Gasteiger partial charge in [-0.3, -0.25) is 9.59 Å². The van der Waals surface area contributed by atoms with Crippen LogP contribution < -0.4 is 5.73 Å². The summed E-state index contributed by atoms with van der Waals surface area (Å²) >= 11 is 0. The molecule has 2 rings (SSSR count). The first-order valence-corrected chi connectivity index (χ1v) is 7.84. The normalized spacial score (nSPS) is 30.0. The van der Waals surface area contributed by atoms with E-state index in [0.29, 0.717) is 38.6 Å². The van der Waals surface area contributed by atoms with Gasteiger partial charge in [-0.25, -0.2) is 0 Å². The number of hydrogen-bond acceptors (Lipinski definition) is 4. The molecule has 21 heavy (non-hydrogen) atoms. The van der Waals surface area contributed by atoms with Gasteiger partial charge in [-0.05, 0) is 18.8 Å². The molecule has 0 bridgehead atoms. The molecule has 0 aromatic heterocycles. The minimum Gasteiger partial charge on any atom is -0.383 e. The largest absolute Gasteiger partial charge is 0.383 e. The molecule has 3 unspecified atom stereocenters. The number of piperidine rings is 1. The molecule has 0 spiro atoms. The van der Waals surface area contributed by atoms with Gasteiger partial charge < -0.3 is 20.3 Å². The van der Waals surface area contributed by atoms with Crippen LogP contribution in [0.2, 0.25) is 0 Å². The van der Waals surface area contributed by atoms with Crippen molar-refractivity contribution in [3.8, 4) is 0 Å². The molecular weight excluding hydrogens is 270 g/mol. The van der Waals surface area contributed by atoms with E-state index in [1.165, 1.54) is 0 Å². The standard InChI is InChI=1S/C15H27N3O3/c1-11-3-4-18(13(7-11)9-16)15(20)12-8-14(19)17(10-12)5-6-21-2/h11-13H,3-10,16H2,1-2H3. The molecule has 2 heterocycles. The summed E-state index contributed by atoms with van der Waals surface area (Å²) in [6, 6.07) is 0.129. The Morgan fingerprint density at radius 3 is 2.90 bits per heavy atom. The number of carbonyl (C=O) groups is 2. The predicted molar refractivity (Wildman–Crippen MR) is 79.5 cm³/mol. The predicted octanol–water partition coefficient (Wildman–Crippen LogP) is 0.0671. The van der Waals surface area contributed by atoms with Gasteiger partial charge in [0.15, 0.2) is 0 Å². The van der Waals surface area contributed by atoms with Crippen LogP contribution in [0, 0.1) is 11.8 Å². The molecule has 2 saturated heterocycles. The van der Waals surface area contributed by atoms with E-state index < -0.39 is 0 Å². The van der Waals surface area contributed by atoms with E-state index in [0.717, 1.165) is 19.4 Å². The van der Waals surface area contributed by atoms with Gasteiger partial charge in [0, 0.05) is 45.8 Å². The number of nitrogens with two attached hydrogens (primary N) is 1. The van der Waals surface area contributed by atoms with Crippen LogP contribution in [-0.4, -0.2) is 67.6 Å². The van der Waals surface area contributed by atoms with Gasteiger partial charge in [0.2, 0.25) is 11.8 Å². The van der Waals surface area contributed by atoms with E-state index in [-0.39, 0.29) is 23.8 Å². The third-order valence-electron chi connectivity index (χ3n) is 4.66. The quantitative estimate of drug-likeness (QED) is 0.779. The van der Waals surface area contributed by atoms with Crippen molar-refractivity contribution in [1.29, 1.82) is 0 Å². The highest BCUT2D eigenvalue weighted by atomic mass is 16.5. The molecule has 120 valence electrons. The molecule has 2 N–H and O–H groups in total. The van der Waals surface area contributed by atoms with Crippen LogP contribution in [0.4, 0.5) is 0 Å². The van der Waals surface area contributed by atoms with Crippen molar-refractivity contribution in [2.75, 3.05) is 39.9 Å². The Balaban J connectivity index is 1.95. The number of nitrogens with zero attached hydrogens (tertiary/aromatic N) is 2. The molecule has 0 aromatic rings. The fourth-order valence-corrected chi connectivity index (χ4v) is 3.35. The van der Waals surface area contributed by atoms with Gasteiger partial charge in [-0.2, -0.15) is 0 Å². The topological polar surface area (TPSA) is 75.9 Å². The van der Waals surface area contributed by atoms with Crippen LogP contribution in [0.25, 0.3) is 0 Å². The Hall–Kier alpha value is -1.14. The van der Waals surface area contributed by atoms with Crippen molar-refractivity contribution in [1.82, 2.24) is 9.80 Å². The molecule has 2 aliphatic rings. The first-order chi connectivity index (χ1) is 10.1. The van der Waals surface area contributed by atoms with Crippen molar-refractivity contribution in [2.45, 2.75) is 32.2 Å². The second kappa shape index (κ2) is 7.22. The fourth-order valence-electron chi connectivity index (χ4n) is 3.35. The maximum absolute atomic E-state index is 12.7. The van der Waals surface area contributed by atoms with Crippen molar-refractivity contribution < 1.29 is 14.3 Å². The number of ether oxygens (including phenoxy) is 1. The number of methoxy groups -OCH3 is 1. The Morgan fingerprint density at radius 1 is 1.48 bits per heavy atom. The van der Waals surface area contributed by atoms with Crippen LogP contribution in [-0.2, 0) is 14.3 Å². The van der Waals surface area contributed by atoms with E-state index in [1.807, 2.05) is 4.90 Å². The maximum Gasteiger partial charge on any atom is 0.228 e. The Morgan fingerprint density at radius 2 is 2.24 bits per heavy atom. The molecule has 0 aromatic carbocycles. The van der Waals surface area contributed by atoms with Crippen molar-refractivity contribution in [2.24, 2.45) is 17.6 Å². The molecule has 3 atom stereocenters. The van der Waals surface area contributed by atoms with E-state index >= 15 is 0 Å². The average molecular weight is 297 g/mol. The highest BCUT2D eigenvalue weighted by Crippen LogP contribution is 2.26. The zero-order valence-corrected chi connectivity index (χ0v) is 13.1. The molecule has 0 aliphatic carbocycles. The lowest BCUT2D eigenvalue weighted by Crippen LogP contribution is -2.51. The number of rotatable bonds is 5. The summed E-state index contributed by atoms with van der Waals surface area (Å²) in [6.45, 7) is 5.07. The second-order valence-corrected chi connectivity index (χ2v) is 6.28.